The fourth-order valence-corrected chi connectivity index (χ4v) is 2.85. The number of hydrogen-bond acceptors (Lipinski definition) is 7. The van der Waals surface area contributed by atoms with Crippen molar-refractivity contribution in [3.05, 3.63) is 54.7 Å². The molecule has 0 fully saturated rings. The Morgan fingerprint density at radius 1 is 1.15 bits per heavy atom. The number of sulfonamides is 1. The van der Waals surface area contributed by atoms with Gasteiger partial charge in [-0.1, -0.05) is 11.2 Å². The second-order valence-electron chi connectivity index (χ2n) is 5.75. The van der Waals surface area contributed by atoms with E-state index in [0.717, 1.165) is 11.8 Å². The van der Waals surface area contributed by atoms with E-state index in [1.54, 1.807) is 42.7 Å². The molecular formula is C17H17N5O4S. The van der Waals surface area contributed by atoms with Gasteiger partial charge in [0.1, 0.15) is 0 Å². The zero-order valence-corrected chi connectivity index (χ0v) is 15.2. The molecule has 0 aliphatic rings. The van der Waals surface area contributed by atoms with Gasteiger partial charge >= 0.3 is 0 Å². The van der Waals surface area contributed by atoms with Crippen LogP contribution in [-0.2, 0) is 21.2 Å². The Hall–Kier alpha value is -3.27. The molecule has 0 saturated heterocycles. The van der Waals surface area contributed by atoms with E-state index in [-0.39, 0.29) is 18.7 Å². The van der Waals surface area contributed by atoms with E-state index in [2.05, 4.69) is 25.2 Å². The van der Waals surface area contributed by atoms with Crippen LogP contribution >= 0.6 is 0 Å². The standard InChI is InChI=1S/C17H17N5O4S/c1-27(24,25)22-14-4-2-3-13(11-14)19-15(23)5-6-16-20-17(21-26-16)12-7-9-18-10-8-12/h2-4,7-11,22H,5-6H2,1H3,(H,19,23). The Labute approximate surface area is 155 Å². The average Bonchev–Trinajstić information content (AvgIpc) is 3.09. The SMILES string of the molecule is CS(=O)(=O)Nc1cccc(NC(=O)CCc2nc(-c3ccncc3)no2)c1. The number of pyridine rings is 1. The molecule has 0 atom stereocenters. The molecule has 0 aliphatic heterocycles. The maximum absolute atomic E-state index is 12.1. The first kappa shape index (κ1) is 18.5. The summed E-state index contributed by atoms with van der Waals surface area (Å²) in [6.07, 6.45) is 4.74. The molecule has 3 aromatic rings. The first-order valence-electron chi connectivity index (χ1n) is 8.00. The normalized spacial score (nSPS) is 11.1. The van der Waals surface area contributed by atoms with E-state index in [9.17, 15) is 13.2 Å². The van der Waals surface area contributed by atoms with E-state index in [4.69, 9.17) is 4.52 Å². The number of carbonyl (C=O) groups is 1. The summed E-state index contributed by atoms with van der Waals surface area (Å²) in [5, 5.41) is 6.59. The average molecular weight is 387 g/mol. The van der Waals surface area contributed by atoms with Crippen LogP contribution < -0.4 is 10.0 Å². The Balaban J connectivity index is 1.56. The van der Waals surface area contributed by atoms with Gasteiger partial charge in [0.05, 0.1) is 11.9 Å². The molecule has 0 spiro atoms. The fraction of sp³-hybridized carbons (Fsp3) is 0.176. The molecule has 0 unspecified atom stereocenters. The van der Waals surface area contributed by atoms with E-state index in [0.29, 0.717) is 23.1 Å². The van der Waals surface area contributed by atoms with Gasteiger partial charge in [0.15, 0.2) is 0 Å². The third-order valence-electron chi connectivity index (χ3n) is 3.42. The van der Waals surface area contributed by atoms with Crippen molar-refractivity contribution < 1.29 is 17.7 Å². The van der Waals surface area contributed by atoms with Crippen molar-refractivity contribution in [1.29, 1.82) is 0 Å². The summed E-state index contributed by atoms with van der Waals surface area (Å²) in [4.78, 5) is 20.3. The van der Waals surface area contributed by atoms with E-state index >= 15 is 0 Å². The summed E-state index contributed by atoms with van der Waals surface area (Å²) >= 11 is 0. The van der Waals surface area contributed by atoms with Crippen molar-refractivity contribution in [2.24, 2.45) is 0 Å². The van der Waals surface area contributed by atoms with Gasteiger partial charge in [-0.25, -0.2) is 8.42 Å². The fourth-order valence-electron chi connectivity index (χ4n) is 2.29. The highest BCUT2D eigenvalue weighted by Crippen LogP contribution is 2.17. The van der Waals surface area contributed by atoms with Crippen LogP contribution in [0.1, 0.15) is 12.3 Å². The van der Waals surface area contributed by atoms with Crippen LogP contribution in [0.2, 0.25) is 0 Å². The van der Waals surface area contributed by atoms with Crippen LogP contribution in [0.25, 0.3) is 11.4 Å². The first-order chi connectivity index (χ1) is 12.9. The summed E-state index contributed by atoms with van der Waals surface area (Å²) < 4.78 is 30.1. The predicted molar refractivity (Wildman–Crippen MR) is 99.4 cm³/mol. The lowest BCUT2D eigenvalue weighted by atomic mass is 10.2. The lowest BCUT2D eigenvalue weighted by Gasteiger charge is -2.08. The van der Waals surface area contributed by atoms with Gasteiger partial charge in [-0.05, 0) is 30.3 Å². The predicted octanol–water partition coefficient (Wildman–Crippen LogP) is 2.07. The zero-order chi connectivity index (χ0) is 19.3. The molecule has 0 radical (unpaired) electrons. The molecule has 2 heterocycles. The quantitative estimate of drug-likeness (QED) is 0.635. The van der Waals surface area contributed by atoms with Gasteiger partial charge in [-0.2, -0.15) is 4.98 Å². The number of nitrogens with one attached hydrogen (secondary N) is 2. The van der Waals surface area contributed by atoms with Gasteiger partial charge in [-0.15, -0.1) is 0 Å². The van der Waals surface area contributed by atoms with Crippen LogP contribution in [0.5, 0.6) is 0 Å². The molecule has 140 valence electrons. The lowest BCUT2D eigenvalue weighted by Crippen LogP contribution is -2.13. The summed E-state index contributed by atoms with van der Waals surface area (Å²) in [5.41, 5.74) is 1.63. The second-order valence-corrected chi connectivity index (χ2v) is 7.50. The van der Waals surface area contributed by atoms with Gasteiger partial charge < -0.3 is 9.84 Å². The Morgan fingerprint density at radius 2 is 1.89 bits per heavy atom. The number of aromatic nitrogens is 3. The molecule has 1 amide bonds. The maximum atomic E-state index is 12.1. The van der Waals surface area contributed by atoms with Gasteiger partial charge in [0.2, 0.25) is 27.6 Å². The smallest absolute Gasteiger partial charge is 0.229 e. The Kier molecular flexibility index (Phi) is 5.46. The minimum Gasteiger partial charge on any atom is -0.339 e. The first-order valence-corrected chi connectivity index (χ1v) is 9.89. The van der Waals surface area contributed by atoms with Gasteiger partial charge in [0.25, 0.3) is 0 Å². The van der Waals surface area contributed by atoms with Crippen LogP contribution in [0.15, 0.2) is 53.3 Å². The zero-order valence-electron chi connectivity index (χ0n) is 14.4. The minimum atomic E-state index is -3.38. The van der Waals surface area contributed by atoms with Crippen LogP contribution in [0.4, 0.5) is 11.4 Å². The van der Waals surface area contributed by atoms with Crippen LogP contribution in [0.3, 0.4) is 0 Å². The van der Waals surface area contributed by atoms with E-state index in [1.165, 1.54) is 6.07 Å². The number of amides is 1. The Morgan fingerprint density at radius 3 is 2.63 bits per heavy atom. The molecular weight excluding hydrogens is 370 g/mol. The van der Waals surface area contributed by atoms with Crippen molar-refractivity contribution in [1.82, 2.24) is 15.1 Å². The number of anilines is 2. The number of aryl methyl sites for hydroxylation is 1. The number of carbonyl (C=O) groups excluding carboxylic acids is 1. The highest BCUT2D eigenvalue weighted by atomic mass is 32.2. The van der Waals surface area contributed by atoms with Gasteiger partial charge in [-0.3, -0.25) is 14.5 Å². The van der Waals surface area contributed by atoms with Crippen LogP contribution in [0, 0.1) is 0 Å². The molecule has 0 aliphatic carbocycles. The van der Waals surface area contributed by atoms with Crippen molar-refractivity contribution in [2.75, 3.05) is 16.3 Å². The molecule has 2 aromatic heterocycles. The van der Waals surface area contributed by atoms with Crippen LogP contribution in [-0.4, -0.2) is 35.7 Å². The number of nitrogens with zero attached hydrogens (tertiary/aromatic N) is 3. The second kappa shape index (κ2) is 7.96. The lowest BCUT2D eigenvalue weighted by molar-refractivity contribution is -0.116. The molecule has 1 aromatic carbocycles. The molecule has 0 saturated carbocycles. The molecule has 10 heteroatoms. The summed E-state index contributed by atoms with van der Waals surface area (Å²) in [6.45, 7) is 0. The topological polar surface area (TPSA) is 127 Å². The molecule has 2 N–H and O–H groups in total. The highest BCUT2D eigenvalue weighted by Gasteiger charge is 2.11. The number of benzene rings is 1. The monoisotopic (exact) mass is 387 g/mol. The summed E-state index contributed by atoms with van der Waals surface area (Å²) in [5.74, 6) is 0.534. The van der Waals surface area contributed by atoms with Gasteiger partial charge in [0, 0.05) is 36.5 Å². The van der Waals surface area contributed by atoms with Crippen molar-refractivity contribution >= 4 is 27.3 Å². The summed E-state index contributed by atoms with van der Waals surface area (Å²) in [6, 6.07) is 9.96. The number of hydrogen-bond donors (Lipinski definition) is 2. The third kappa shape index (κ3) is 5.61. The molecule has 0 bridgehead atoms. The largest absolute Gasteiger partial charge is 0.339 e. The molecule has 3 rings (SSSR count). The number of rotatable bonds is 7. The molecule has 27 heavy (non-hydrogen) atoms. The maximum Gasteiger partial charge on any atom is 0.229 e. The van der Waals surface area contributed by atoms with Crippen molar-refractivity contribution in [3.63, 3.8) is 0 Å². The van der Waals surface area contributed by atoms with Crippen molar-refractivity contribution in [3.8, 4) is 11.4 Å². The minimum absolute atomic E-state index is 0.141. The molecule has 9 nitrogen and oxygen atoms in total. The third-order valence-corrected chi connectivity index (χ3v) is 4.03. The highest BCUT2D eigenvalue weighted by molar-refractivity contribution is 7.92. The van der Waals surface area contributed by atoms with E-state index < -0.39 is 10.0 Å². The van der Waals surface area contributed by atoms with Crippen molar-refractivity contribution in [2.45, 2.75) is 12.8 Å². The Bertz CT molecular complexity index is 1030. The van der Waals surface area contributed by atoms with E-state index in [1.807, 2.05) is 0 Å². The summed E-state index contributed by atoms with van der Waals surface area (Å²) in [7, 11) is -3.38.